The molecule has 0 aliphatic carbocycles. The van der Waals surface area contributed by atoms with Crippen molar-refractivity contribution in [2.45, 2.75) is 39.2 Å². The number of para-hydroxylation sites is 1. The summed E-state index contributed by atoms with van der Waals surface area (Å²) in [5, 5.41) is 4.62. The van der Waals surface area contributed by atoms with Crippen molar-refractivity contribution in [1.82, 2.24) is 9.78 Å². The summed E-state index contributed by atoms with van der Waals surface area (Å²) in [6.45, 7) is 6.40. The minimum atomic E-state index is 0.0629. The lowest BCUT2D eigenvalue weighted by molar-refractivity contribution is 0.682. The molecule has 0 aliphatic heterocycles. The molecule has 0 saturated heterocycles. The average molecular weight is 243 g/mol. The van der Waals surface area contributed by atoms with Crippen molar-refractivity contribution in [2.75, 3.05) is 0 Å². The summed E-state index contributed by atoms with van der Waals surface area (Å²) in [5.74, 6) is 0.443. The molecule has 3 heteroatoms. The largest absolute Gasteiger partial charge is 0.324 e. The Morgan fingerprint density at radius 3 is 2.56 bits per heavy atom. The summed E-state index contributed by atoms with van der Waals surface area (Å²) < 4.78 is 1.93. The van der Waals surface area contributed by atoms with Crippen molar-refractivity contribution in [3.8, 4) is 5.69 Å². The van der Waals surface area contributed by atoms with Crippen LogP contribution in [0, 0.1) is 0 Å². The Morgan fingerprint density at radius 1 is 1.22 bits per heavy atom. The van der Waals surface area contributed by atoms with Crippen LogP contribution in [0.3, 0.4) is 0 Å². The van der Waals surface area contributed by atoms with Crippen LogP contribution in [-0.4, -0.2) is 9.78 Å². The van der Waals surface area contributed by atoms with Crippen LogP contribution in [0.2, 0.25) is 0 Å². The molecule has 0 amide bonds. The van der Waals surface area contributed by atoms with Gasteiger partial charge in [-0.1, -0.05) is 39.0 Å². The van der Waals surface area contributed by atoms with Gasteiger partial charge in [0.05, 0.1) is 11.4 Å². The Labute approximate surface area is 109 Å². The highest BCUT2D eigenvalue weighted by Crippen LogP contribution is 2.22. The predicted octanol–water partition coefficient (Wildman–Crippen LogP) is 3.41. The molecule has 1 atom stereocenters. The van der Waals surface area contributed by atoms with Gasteiger partial charge in [-0.25, -0.2) is 4.68 Å². The van der Waals surface area contributed by atoms with Crippen LogP contribution in [0.15, 0.2) is 36.5 Å². The molecular weight excluding hydrogens is 222 g/mol. The molecule has 0 spiro atoms. The fraction of sp³-hybridized carbons (Fsp3) is 0.400. The maximum absolute atomic E-state index is 6.16. The van der Waals surface area contributed by atoms with Gasteiger partial charge in [0, 0.05) is 12.2 Å². The normalized spacial score (nSPS) is 12.9. The van der Waals surface area contributed by atoms with E-state index in [2.05, 4.69) is 44.1 Å². The fourth-order valence-corrected chi connectivity index (χ4v) is 2.01. The van der Waals surface area contributed by atoms with Crippen LogP contribution in [0.5, 0.6) is 0 Å². The van der Waals surface area contributed by atoms with Crippen molar-refractivity contribution >= 4 is 0 Å². The molecule has 0 bridgehead atoms. The van der Waals surface area contributed by atoms with E-state index < -0.39 is 0 Å². The zero-order chi connectivity index (χ0) is 13.1. The number of aromatic nitrogens is 2. The van der Waals surface area contributed by atoms with E-state index in [-0.39, 0.29) is 6.04 Å². The maximum atomic E-state index is 6.16. The molecule has 0 radical (unpaired) electrons. The zero-order valence-electron chi connectivity index (χ0n) is 11.3. The van der Waals surface area contributed by atoms with Gasteiger partial charge in [0.25, 0.3) is 0 Å². The SMILES string of the molecule is CC[C@H](N)c1ccccc1-n1ccc(C(C)C)n1. The highest BCUT2D eigenvalue weighted by molar-refractivity contribution is 5.42. The number of hydrogen-bond acceptors (Lipinski definition) is 2. The van der Waals surface area contributed by atoms with Gasteiger partial charge in [-0.05, 0) is 30.0 Å². The number of nitrogens with two attached hydrogens (primary N) is 1. The van der Waals surface area contributed by atoms with Gasteiger partial charge < -0.3 is 5.73 Å². The highest BCUT2D eigenvalue weighted by Gasteiger charge is 2.12. The van der Waals surface area contributed by atoms with Crippen molar-refractivity contribution < 1.29 is 0 Å². The Morgan fingerprint density at radius 2 is 1.94 bits per heavy atom. The zero-order valence-corrected chi connectivity index (χ0v) is 11.3. The standard InChI is InChI=1S/C15H21N3/c1-4-13(16)12-7-5-6-8-15(12)18-10-9-14(17-18)11(2)3/h5-11,13H,4,16H2,1-3H3/t13-/m0/s1. The third kappa shape index (κ3) is 2.46. The highest BCUT2D eigenvalue weighted by atomic mass is 15.3. The minimum Gasteiger partial charge on any atom is -0.324 e. The Hall–Kier alpha value is -1.61. The van der Waals surface area contributed by atoms with Gasteiger partial charge in [0.2, 0.25) is 0 Å². The van der Waals surface area contributed by atoms with Crippen molar-refractivity contribution in [1.29, 1.82) is 0 Å². The maximum Gasteiger partial charge on any atom is 0.0693 e. The first-order valence-electron chi connectivity index (χ1n) is 6.54. The molecule has 0 unspecified atom stereocenters. The summed E-state index contributed by atoms with van der Waals surface area (Å²) in [7, 11) is 0. The number of nitrogens with zero attached hydrogens (tertiary/aromatic N) is 2. The van der Waals surface area contributed by atoms with Crippen LogP contribution >= 0.6 is 0 Å². The first-order valence-corrected chi connectivity index (χ1v) is 6.54. The quantitative estimate of drug-likeness (QED) is 0.894. The van der Waals surface area contributed by atoms with E-state index in [0.717, 1.165) is 23.4 Å². The molecule has 1 aromatic heterocycles. The van der Waals surface area contributed by atoms with E-state index in [1.165, 1.54) is 0 Å². The molecule has 18 heavy (non-hydrogen) atoms. The molecule has 96 valence electrons. The van der Waals surface area contributed by atoms with Crippen molar-refractivity contribution in [2.24, 2.45) is 5.73 Å². The van der Waals surface area contributed by atoms with Crippen LogP contribution in [-0.2, 0) is 0 Å². The monoisotopic (exact) mass is 243 g/mol. The van der Waals surface area contributed by atoms with Gasteiger partial charge >= 0.3 is 0 Å². The summed E-state index contributed by atoms with van der Waals surface area (Å²) in [6.07, 6.45) is 2.94. The fourth-order valence-electron chi connectivity index (χ4n) is 2.01. The van der Waals surface area contributed by atoms with E-state index in [0.29, 0.717) is 5.92 Å². The molecule has 3 nitrogen and oxygen atoms in total. The molecule has 0 fully saturated rings. The molecule has 1 heterocycles. The summed E-state index contributed by atoms with van der Waals surface area (Å²) in [4.78, 5) is 0. The Bertz CT molecular complexity index is 514. The van der Waals surface area contributed by atoms with E-state index in [9.17, 15) is 0 Å². The molecule has 2 rings (SSSR count). The third-order valence-corrected chi connectivity index (χ3v) is 3.22. The van der Waals surface area contributed by atoms with Gasteiger partial charge in [-0.3, -0.25) is 0 Å². The Balaban J connectivity index is 2.43. The van der Waals surface area contributed by atoms with Gasteiger partial charge in [0.1, 0.15) is 0 Å². The van der Waals surface area contributed by atoms with Gasteiger partial charge in [-0.2, -0.15) is 5.10 Å². The van der Waals surface area contributed by atoms with E-state index in [1.54, 1.807) is 0 Å². The molecular formula is C15H21N3. The lowest BCUT2D eigenvalue weighted by Gasteiger charge is -2.14. The van der Waals surface area contributed by atoms with Crippen LogP contribution in [0.25, 0.3) is 5.69 Å². The molecule has 1 aromatic carbocycles. The third-order valence-electron chi connectivity index (χ3n) is 3.22. The molecule has 0 saturated carbocycles. The molecule has 0 aliphatic rings. The summed E-state index contributed by atoms with van der Waals surface area (Å²) in [6, 6.07) is 10.3. The first-order chi connectivity index (χ1) is 8.63. The predicted molar refractivity (Wildman–Crippen MR) is 74.9 cm³/mol. The Kier molecular flexibility index (Phi) is 3.82. The van der Waals surface area contributed by atoms with Gasteiger partial charge in [0.15, 0.2) is 0 Å². The summed E-state index contributed by atoms with van der Waals surface area (Å²) in [5.41, 5.74) is 9.50. The summed E-state index contributed by atoms with van der Waals surface area (Å²) >= 11 is 0. The number of hydrogen-bond donors (Lipinski definition) is 1. The average Bonchev–Trinajstić information content (AvgIpc) is 2.87. The molecule has 2 N–H and O–H groups in total. The smallest absolute Gasteiger partial charge is 0.0693 e. The van der Waals surface area contributed by atoms with E-state index in [4.69, 9.17) is 5.73 Å². The van der Waals surface area contributed by atoms with Gasteiger partial charge in [-0.15, -0.1) is 0 Å². The number of benzene rings is 1. The van der Waals surface area contributed by atoms with Crippen molar-refractivity contribution in [3.63, 3.8) is 0 Å². The lowest BCUT2D eigenvalue weighted by Crippen LogP contribution is -2.12. The lowest BCUT2D eigenvalue weighted by atomic mass is 10.0. The van der Waals surface area contributed by atoms with E-state index >= 15 is 0 Å². The van der Waals surface area contributed by atoms with Crippen LogP contribution in [0.4, 0.5) is 0 Å². The van der Waals surface area contributed by atoms with Crippen LogP contribution < -0.4 is 5.73 Å². The first kappa shape index (κ1) is 12.8. The second kappa shape index (κ2) is 5.36. The molecule has 2 aromatic rings. The number of rotatable bonds is 4. The second-order valence-corrected chi connectivity index (χ2v) is 4.91. The second-order valence-electron chi connectivity index (χ2n) is 4.91. The van der Waals surface area contributed by atoms with Crippen LogP contribution in [0.1, 0.15) is 50.4 Å². The van der Waals surface area contributed by atoms with E-state index in [1.807, 2.05) is 23.0 Å². The minimum absolute atomic E-state index is 0.0629. The topological polar surface area (TPSA) is 43.8 Å². The van der Waals surface area contributed by atoms with Crippen molar-refractivity contribution in [3.05, 3.63) is 47.8 Å².